The number of aryl methyl sites for hydroxylation is 2. The number of nitrogens with zero attached hydrogens (tertiary/aromatic N) is 1. The molecule has 0 spiro atoms. The van der Waals surface area contributed by atoms with Crippen LogP contribution in [0, 0.1) is 6.92 Å². The third-order valence-electron chi connectivity index (χ3n) is 3.15. The summed E-state index contributed by atoms with van der Waals surface area (Å²) in [7, 11) is 1.72. The normalized spacial score (nSPS) is 10.9. The van der Waals surface area contributed by atoms with Gasteiger partial charge in [-0.25, -0.2) is 4.98 Å². The van der Waals surface area contributed by atoms with Crippen molar-refractivity contribution in [3.63, 3.8) is 0 Å². The highest BCUT2D eigenvalue weighted by Gasteiger charge is 2.11. The lowest BCUT2D eigenvalue weighted by atomic mass is 10.1. The molecule has 0 saturated heterocycles. The number of aromatic nitrogens is 1. The van der Waals surface area contributed by atoms with Gasteiger partial charge in [-0.15, -0.1) is 11.3 Å². The summed E-state index contributed by atoms with van der Waals surface area (Å²) >= 11 is 1.79. The van der Waals surface area contributed by atoms with Crippen LogP contribution in [0.3, 0.4) is 0 Å². The van der Waals surface area contributed by atoms with Crippen molar-refractivity contribution in [1.82, 2.24) is 10.3 Å². The van der Waals surface area contributed by atoms with Crippen LogP contribution >= 0.6 is 11.3 Å². The standard InChI is InChI=1S/C16H22N2OS/c1-4-14-15(11-17-8-9-19-3)20-16(18-14)13-7-5-6-12(2)10-13/h5-7,10,17H,4,8-9,11H2,1-3H3. The summed E-state index contributed by atoms with van der Waals surface area (Å²) in [5.41, 5.74) is 3.69. The molecular weight excluding hydrogens is 268 g/mol. The Morgan fingerprint density at radius 2 is 2.20 bits per heavy atom. The predicted octanol–water partition coefficient (Wildman–Crippen LogP) is 3.42. The molecule has 0 bridgehead atoms. The SMILES string of the molecule is CCc1nc(-c2cccc(C)c2)sc1CNCCOC. The van der Waals surface area contributed by atoms with Crippen molar-refractivity contribution in [3.8, 4) is 10.6 Å². The third kappa shape index (κ3) is 3.88. The largest absolute Gasteiger partial charge is 0.383 e. The Bertz CT molecular complexity index is 551. The van der Waals surface area contributed by atoms with Crippen molar-refractivity contribution in [1.29, 1.82) is 0 Å². The van der Waals surface area contributed by atoms with E-state index in [-0.39, 0.29) is 0 Å². The minimum absolute atomic E-state index is 0.741. The molecule has 4 heteroatoms. The zero-order valence-electron chi connectivity index (χ0n) is 12.4. The van der Waals surface area contributed by atoms with Crippen molar-refractivity contribution in [3.05, 3.63) is 40.4 Å². The fourth-order valence-electron chi connectivity index (χ4n) is 2.08. The van der Waals surface area contributed by atoms with Gasteiger partial charge in [-0.2, -0.15) is 0 Å². The van der Waals surface area contributed by atoms with Crippen LogP contribution in [0.25, 0.3) is 10.6 Å². The Morgan fingerprint density at radius 3 is 2.90 bits per heavy atom. The minimum Gasteiger partial charge on any atom is -0.383 e. The molecule has 108 valence electrons. The average molecular weight is 290 g/mol. The Kier molecular flexibility index (Phi) is 5.71. The monoisotopic (exact) mass is 290 g/mol. The number of thiazole rings is 1. The van der Waals surface area contributed by atoms with Crippen molar-refractivity contribution < 1.29 is 4.74 Å². The number of nitrogens with one attached hydrogen (secondary N) is 1. The molecule has 2 rings (SSSR count). The van der Waals surface area contributed by atoms with Crippen LogP contribution in [0.1, 0.15) is 23.1 Å². The highest BCUT2D eigenvalue weighted by Crippen LogP contribution is 2.29. The zero-order valence-corrected chi connectivity index (χ0v) is 13.2. The van der Waals surface area contributed by atoms with E-state index in [0.717, 1.165) is 31.1 Å². The van der Waals surface area contributed by atoms with Gasteiger partial charge in [0.1, 0.15) is 5.01 Å². The van der Waals surface area contributed by atoms with Gasteiger partial charge in [-0.05, 0) is 19.4 Å². The van der Waals surface area contributed by atoms with Crippen LogP contribution < -0.4 is 5.32 Å². The molecule has 0 unspecified atom stereocenters. The molecule has 0 amide bonds. The fraction of sp³-hybridized carbons (Fsp3) is 0.438. The minimum atomic E-state index is 0.741. The molecule has 20 heavy (non-hydrogen) atoms. The molecule has 3 nitrogen and oxygen atoms in total. The lowest BCUT2D eigenvalue weighted by Crippen LogP contribution is -2.18. The topological polar surface area (TPSA) is 34.2 Å². The van der Waals surface area contributed by atoms with Crippen molar-refractivity contribution in [2.45, 2.75) is 26.8 Å². The maximum Gasteiger partial charge on any atom is 0.123 e. The Morgan fingerprint density at radius 1 is 1.35 bits per heavy atom. The van der Waals surface area contributed by atoms with Gasteiger partial charge in [0.15, 0.2) is 0 Å². The molecule has 0 radical (unpaired) electrons. The van der Waals surface area contributed by atoms with Gasteiger partial charge in [0.2, 0.25) is 0 Å². The first kappa shape index (κ1) is 15.2. The number of methoxy groups -OCH3 is 1. The van der Waals surface area contributed by atoms with Gasteiger partial charge in [-0.3, -0.25) is 0 Å². The molecule has 0 aliphatic carbocycles. The molecule has 1 heterocycles. The van der Waals surface area contributed by atoms with E-state index in [2.05, 4.69) is 43.4 Å². The number of rotatable bonds is 7. The lowest BCUT2D eigenvalue weighted by Gasteiger charge is -2.02. The van der Waals surface area contributed by atoms with Crippen LogP contribution in [0.15, 0.2) is 24.3 Å². The van der Waals surface area contributed by atoms with Gasteiger partial charge in [-0.1, -0.05) is 30.7 Å². The maximum absolute atomic E-state index is 5.05. The second kappa shape index (κ2) is 7.53. The Hall–Kier alpha value is -1.23. The molecule has 0 aliphatic heterocycles. The van der Waals surface area contributed by atoms with E-state index in [4.69, 9.17) is 9.72 Å². The van der Waals surface area contributed by atoms with Crippen LogP contribution in [0.5, 0.6) is 0 Å². The van der Waals surface area contributed by atoms with Gasteiger partial charge >= 0.3 is 0 Å². The average Bonchev–Trinajstić information content (AvgIpc) is 2.87. The van der Waals surface area contributed by atoms with Gasteiger partial charge in [0, 0.05) is 30.6 Å². The van der Waals surface area contributed by atoms with Gasteiger partial charge in [0.05, 0.1) is 12.3 Å². The Labute approximate surface area is 125 Å². The smallest absolute Gasteiger partial charge is 0.123 e. The molecule has 0 atom stereocenters. The van der Waals surface area contributed by atoms with E-state index in [1.54, 1.807) is 18.4 Å². The van der Waals surface area contributed by atoms with Crippen LogP contribution in [-0.2, 0) is 17.7 Å². The lowest BCUT2D eigenvalue weighted by molar-refractivity contribution is 0.199. The molecule has 1 aromatic heterocycles. The Balaban J connectivity index is 2.13. The van der Waals surface area contributed by atoms with Crippen molar-refractivity contribution in [2.75, 3.05) is 20.3 Å². The molecule has 1 N–H and O–H groups in total. The van der Waals surface area contributed by atoms with Crippen LogP contribution in [0.4, 0.5) is 0 Å². The third-order valence-corrected chi connectivity index (χ3v) is 4.29. The molecule has 0 fully saturated rings. The highest BCUT2D eigenvalue weighted by atomic mass is 32.1. The molecule has 2 aromatic rings. The fourth-order valence-corrected chi connectivity index (χ4v) is 3.19. The molecule has 0 saturated carbocycles. The van der Waals surface area contributed by atoms with Gasteiger partial charge in [0.25, 0.3) is 0 Å². The summed E-state index contributed by atoms with van der Waals surface area (Å²) < 4.78 is 5.05. The van der Waals surface area contributed by atoms with E-state index in [9.17, 15) is 0 Å². The number of hydrogen-bond donors (Lipinski definition) is 1. The van der Waals surface area contributed by atoms with E-state index < -0.39 is 0 Å². The van der Waals surface area contributed by atoms with Crippen molar-refractivity contribution in [2.24, 2.45) is 0 Å². The van der Waals surface area contributed by atoms with E-state index in [1.165, 1.54) is 21.7 Å². The zero-order chi connectivity index (χ0) is 14.4. The second-order valence-corrected chi connectivity index (χ2v) is 5.87. The van der Waals surface area contributed by atoms with E-state index in [0.29, 0.717) is 0 Å². The van der Waals surface area contributed by atoms with Gasteiger partial charge < -0.3 is 10.1 Å². The summed E-state index contributed by atoms with van der Waals surface area (Å²) in [5, 5.41) is 4.52. The summed E-state index contributed by atoms with van der Waals surface area (Å²) in [6.07, 6.45) is 0.976. The number of ether oxygens (including phenoxy) is 1. The summed E-state index contributed by atoms with van der Waals surface area (Å²) in [6.45, 7) is 6.76. The first-order valence-corrected chi connectivity index (χ1v) is 7.81. The predicted molar refractivity (Wildman–Crippen MR) is 85.2 cm³/mol. The first-order chi connectivity index (χ1) is 9.74. The van der Waals surface area contributed by atoms with Crippen molar-refractivity contribution >= 4 is 11.3 Å². The molecule has 1 aromatic carbocycles. The van der Waals surface area contributed by atoms with E-state index >= 15 is 0 Å². The summed E-state index contributed by atoms with van der Waals surface area (Å²) in [6, 6.07) is 8.53. The second-order valence-electron chi connectivity index (χ2n) is 4.78. The first-order valence-electron chi connectivity index (χ1n) is 7.00. The molecular formula is C16H22N2OS. The highest BCUT2D eigenvalue weighted by molar-refractivity contribution is 7.15. The van der Waals surface area contributed by atoms with Crippen LogP contribution in [0.2, 0.25) is 0 Å². The number of hydrogen-bond acceptors (Lipinski definition) is 4. The number of benzene rings is 1. The molecule has 0 aliphatic rings. The quantitative estimate of drug-likeness (QED) is 0.793. The maximum atomic E-state index is 5.05. The summed E-state index contributed by atoms with van der Waals surface area (Å²) in [5.74, 6) is 0. The summed E-state index contributed by atoms with van der Waals surface area (Å²) in [4.78, 5) is 6.12. The van der Waals surface area contributed by atoms with E-state index in [1.807, 2.05) is 0 Å². The van der Waals surface area contributed by atoms with Crippen LogP contribution in [-0.4, -0.2) is 25.2 Å².